The Morgan fingerprint density at radius 1 is 1.19 bits per heavy atom. The SMILES string of the molecule is COc1ccc(C(=O)NCC(=O)N2CC(OC)CC2CC(=O)O)cc1OC. The first-order valence-electron chi connectivity index (χ1n) is 8.43. The van der Waals surface area contributed by atoms with E-state index < -0.39 is 17.9 Å². The molecule has 0 bridgehead atoms. The second kappa shape index (κ2) is 9.22. The van der Waals surface area contributed by atoms with Gasteiger partial charge in [-0.15, -0.1) is 0 Å². The van der Waals surface area contributed by atoms with Crippen molar-refractivity contribution in [1.29, 1.82) is 0 Å². The third-order valence-corrected chi connectivity index (χ3v) is 4.49. The van der Waals surface area contributed by atoms with Crippen LogP contribution in [0.25, 0.3) is 0 Å². The Morgan fingerprint density at radius 3 is 2.48 bits per heavy atom. The Kier molecular flexibility index (Phi) is 7.00. The zero-order valence-electron chi connectivity index (χ0n) is 15.6. The van der Waals surface area contributed by atoms with E-state index in [1.165, 1.54) is 32.3 Å². The predicted molar refractivity (Wildman–Crippen MR) is 95.0 cm³/mol. The zero-order chi connectivity index (χ0) is 20.0. The second-order valence-electron chi connectivity index (χ2n) is 6.14. The average Bonchev–Trinajstić information content (AvgIpc) is 3.07. The van der Waals surface area contributed by atoms with Crippen molar-refractivity contribution in [3.05, 3.63) is 23.8 Å². The molecule has 2 rings (SSSR count). The maximum absolute atomic E-state index is 12.5. The van der Waals surface area contributed by atoms with E-state index in [-0.39, 0.29) is 25.0 Å². The highest BCUT2D eigenvalue weighted by atomic mass is 16.5. The van der Waals surface area contributed by atoms with Gasteiger partial charge in [0.15, 0.2) is 11.5 Å². The van der Waals surface area contributed by atoms with Gasteiger partial charge in [0.25, 0.3) is 5.91 Å². The van der Waals surface area contributed by atoms with Crippen LogP contribution in [0.5, 0.6) is 11.5 Å². The molecular formula is C18H24N2O7. The molecule has 0 aromatic heterocycles. The Balaban J connectivity index is 1.99. The maximum atomic E-state index is 12.5. The van der Waals surface area contributed by atoms with E-state index >= 15 is 0 Å². The van der Waals surface area contributed by atoms with Crippen LogP contribution in [-0.4, -0.2) is 74.4 Å². The van der Waals surface area contributed by atoms with Crippen molar-refractivity contribution >= 4 is 17.8 Å². The molecule has 2 atom stereocenters. The topological polar surface area (TPSA) is 114 Å². The molecule has 148 valence electrons. The van der Waals surface area contributed by atoms with Crippen molar-refractivity contribution in [2.24, 2.45) is 0 Å². The molecular weight excluding hydrogens is 356 g/mol. The molecule has 1 aliphatic rings. The van der Waals surface area contributed by atoms with E-state index in [1.807, 2.05) is 0 Å². The lowest BCUT2D eigenvalue weighted by molar-refractivity contribution is -0.139. The molecule has 2 amide bonds. The third-order valence-electron chi connectivity index (χ3n) is 4.49. The fourth-order valence-electron chi connectivity index (χ4n) is 3.08. The number of likely N-dealkylation sites (tertiary alicyclic amines) is 1. The van der Waals surface area contributed by atoms with Crippen LogP contribution in [0, 0.1) is 0 Å². The zero-order valence-corrected chi connectivity index (χ0v) is 15.6. The lowest BCUT2D eigenvalue weighted by Gasteiger charge is -2.23. The number of carboxylic acid groups (broad SMARTS) is 1. The second-order valence-corrected chi connectivity index (χ2v) is 6.14. The molecule has 1 saturated heterocycles. The van der Waals surface area contributed by atoms with Crippen LogP contribution in [0.15, 0.2) is 18.2 Å². The van der Waals surface area contributed by atoms with Gasteiger partial charge in [-0.05, 0) is 24.6 Å². The first kappa shape index (κ1) is 20.5. The molecule has 1 heterocycles. The quantitative estimate of drug-likeness (QED) is 0.676. The number of aliphatic carboxylic acids is 1. The van der Waals surface area contributed by atoms with Gasteiger partial charge in [-0.2, -0.15) is 0 Å². The van der Waals surface area contributed by atoms with Crippen molar-refractivity contribution in [3.8, 4) is 11.5 Å². The Morgan fingerprint density at radius 2 is 1.89 bits per heavy atom. The number of nitrogens with zero attached hydrogens (tertiary/aromatic N) is 1. The fraction of sp³-hybridized carbons (Fsp3) is 0.500. The summed E-state index contributed by atoms with van der Waals surface area (Å²) in [4.78, 5) is 37.3. The lowest BCUT2D eigenvalue weighted by atomic mass is 10.1. The number of carbonyl (C=O) groups is 3. The largest absolute Gasteiger partial charge is 0.493 e. The molecule has 0 spiro atoms. The smallest absolute Gasteiger partial charge is 0.305 e. The van der Waals surface area contributed by atoms with E-state index in [0.29, 0.717) is 30.0 Å². The molecule has 27 heavy (non-hydrogen) atoms. The van der Waals surface area contributed by atoms with Gasteiger partial charge in [-0.25, -0.2) is 0 Å². The molecule has 1 aromatic rings. The van der Waals surface area contributed by atoms with Crippen LogP contribution in [-0.2, 0) is 14.3 Å². The minimum Gasteiger partial charge on any atom is -0.493 e. The predicted octanol–water partition coefficient (Wildman–Crippen LogP) is 0.524. The van der Waals surface area contributed by atoms with E-state index in [2.05, 4.69) is 5.32 Å². The minimum atomic E-state index is -0.982. The summed E-state index contributed by atoms with van der Waals surface area (Å²) in [5.74, 6) is -0.884. The van der Waals surface area contributed by atoms with E-state index in [4.69, 9.17) is 19.3 Å². The summed E-state index contributed by atoms with van der Waals surface area (Å²) in [6, 6.07) is 4.23. The van der Waals surface area contributed by atoms with E-state index in [1.54, 1.807) is 12.1 Å². The van der Waals surface area contributed by atoms with Crippen LogP contribution in [0.4, 0.5) is 0 Å². The van der Waals surface area contributed by atoms with Crippen LogP contribution in [0.2, 0.25) is 0 Å². The van der Waals surface area contributed by atoms with Gasteiger partial charge >= 0.3 is 5.97 Å². The molecule has 0 saturated carbocycles. The highest BCUT2D eigenvalue weighted by molar-refractivity contribution is 5.97. The standard InChI is InChI=1S/C18H24N2O7/c1-25-13-7-12(8-17(22)23)20(10-13)16(21)9-19-18(24)11-4-5-14(26-2)15(6-11)27-3/h4-6,12-13H,7-10H2,1-3H3,(H,19,24)(H,22,23). The summed E-state index contributed by atoms with van der Waals surface area (Å²) in [5, 5.41) is 11.6. The molecule has 2 unspecified atom stereocenters. The molecule has 1 fully saturated rings. The molecule has 1 aliphatic heterocycles. The number of amides is 2. The summed E-state index contributed by atoms with van der Waals surface area (Å²) in [7, 11) is 4.48. The first-order valence-corrected chi connectivity index (χ1v) is 8.43. The van der Waals surface area contributed by atoms with Gasteiger partial charge in [0.2, 0.25) is 5.91 Å². The Bertz CT molecular complexity index is 707. The summed E-state index contributed by atoms with van der Waals surface area (Å²) >= 11 is 0. The number of rotatable bonds is 8. The molecule has 0 radical (unpaired) electrons. The summed E-state index contributed by atoms with van der Waals surface area (Å²) in [6.45, 7) is 0.0687. The molecule has 0 aliphatic carbocycles. The van der Waals surface area contributed by atoms with E-state index in [9.17, 15) is 14.4 Å². The van der Waals surface area contributed by atoms with Crippen molar-refractivity contribution < 1.29 is 33.7 Å². The number of nitrogens with one attached hydrogen (secondary N) is 1. The van der Waals surface area contributed by atoms with Gasteiger partial charge in [0, 0.05) is 25.3 Å². The van der Waals surface area contributed by atoms with Gasteiger partial charge < -0.3 is 29.5 Å². The monoisotopic (exact) mass is 380 g/mol. The van der Waals surface area contributed by atoms with Gasteiger partial charge in [0.05, 0.1) is 33.3 Å². The first-order chi connectivity index (χ1) is 12.9. The average molecular weight is 380 g/mol. The number of methoxy groups -OCH3 is 3. The van der Waals surface area contributed by atoms with Crippen LogP contribution >= 0.6 is 0 Å². The molecule has 9 nitrogen and oxygen atoms in total. The number of ether oxygens (including phenoxy) is 3. The maximum Gasteiger partial charge on any atom is 0.305 e. The lowest BCUT2D eigenvalue weighted by Crippen LogP contribution is -2.43. The van der Waals surface area contributed by atoms with Crippen molar-refractivity contribution in [2.45, 2.75) is 25.0 Å². The van der Waals surface area contributed by atoms with Crippen LogP contribution < -0.4 is 14.8 Å². The Labute approximate surface area is 157 Å². The van der Waals surface area contributed by atoms with Crippen molar-refractivity contribution in [2.75, 3.05) is 34.4 Å². The highest BCUT2D eigenvalue weighted by Gasteiger charge is 2.36. The van der Waals surface area contributed by atoms with Crippen LogP contribution in [0.1, 0.15) is 23.2 Å². The summed E-state index contributed by atoms with van der Waals surface area (Å²) in [5.41, 5.74) is 0.318. The third kappa shape index (κ3) is 5.10. The number of hydrogen-bond acceptors (Lipinski definition) is 6. The number of carbonyl (C=O) groups excluding carboxylic acids is 2. The number of benzene rings is 1. The molecule has 9 heteroatoms. The Hall–Kier alpha value is -2.81. The number of hydrogen-bond donors (Lipinski definition) is 2. The minimum absolute atomic E-state index is 0.158. The summed E-state index contributed by atoms with van der Waals surface area (Å²) in [6.07, 6.45) is 0.0905. The van der Waals surface area contributed by atoms with Gasteiger partial charge in [-0.3, -0.25) is 14.4 Å². The highest BCUT2D eigenvalue weighted by Crippen LogP contribution is 2.27. The van der Waals surface area contributed by atoms with Crippen molar-refractivity contribution in [1.82, 2.24) is 10.2 Å². The molecule has 2 N–H and O–H groups in total. The van der Waals surface area contributed by atoms with Gasteiger partial charge in [0.1, 0.15) is 0 Å². The normalized spacial score (nSPS) is 18.9. The number of carboxylic acids is 1. The summed E-state index contributed by atoms with van der Waals surface area (Å²) < 4.78 is 15.5. The molecule has 1 aromatic carbocycles. The van der Waals surface area contributed by atoms with Crippen LogP contribution in [0.3, 0.4) is 0 Å². The van der Waals surface area contributed by atoms with Gasteiger partial charge in [-0.1, -0.05) is 0 Å². The fourth-order valence-corrected chi connectivity index (χ4v) is 3.08. The van der Waals surface area contributed by atoms with Crippen molar-refractivity contribution in [3.63, 3.8) is 0 Å². The van der Waals surface area contributed by atoms with E-state index in [0.717, 1.165) is 0 Å².